The van der Waals surface area contributed by atoms with Crippen molar-refractivity contribution in [3.63, 3.8) is 0 Å². The van der Waals surface area contributed by atoms with Gasteiger partial charge in [-0.25, -0.2) is 0 Å². The maximum absolute atomic E-state index is 12.4. The number of amides is 1. The fraction of sp³-hybridized carbons (Fsp3) is 0.174. The molecule has 0 bridgehead atoms. The highest BCUT2D eigenvalue weighted by molar-refractivity contribution is 5.94. The van der Waals surface area contributed by atoms with E-state index in [4.69, 9.17) is 4.74 Å². The average Bonchev–Trinajstić information content (AvgIpc) is 2.72. The molecule has 0 aliphatic carbocycles. The number of carbonyl (C=O) groups excluding carboxylic acids is 1. The molecule has 0 aliphatic rings. The Kier molecular flexibility index (Phi) is 6.05. The van der Waals surface area contributed by atoms with Crippen molar-refractivity contribution >= 4 is 5.91 Å². The lowest BCUT2D eigenvalue weighted by Crippen LogP contribution is -2.29. The minimum absolute atomic E-state index is 0.0495. The number of nitrogens with one attached hydrogen (secondary N) is 1. The van der Waals surface area contributed by atoms with Gasteiger partial charge in [-0.15, -0.1) is 0 Å². The maximum Gasteiger partial charge on any atom is 0.251 e. The first kappa shape index (κ1) is 17.7. The molecule has 1 N–H and O–H groups in total. The highest BCUT2D eigenvalue weighted by atomic mass is 16.5. The second kappa shape index (κ2) is 8.86. The summed E-state index contributed by atoms with van der Waals surface area (Å²) in [5.74, 6) is 0.946. The molecular formula is C23H23NO2. The largest absolute Gasteiger partial charge is 0.497 e. The van der Waals surface area contributed by atoms with Gasteiger partial charge in [0.15, 0.2) is 0 Å². The van der Waals surface area contributed by atoms with E-state index < -0.39 is 0 Å². The summed E-state index contributed by atoms with van der Waals surface area (Å²) in [5, 5.41) is 3.08. The van der Waals surface area contributed by atoms with E-state index in [1.807, 2.05) is 66.7 Å². The lowest BCUT2D eigenvalue weighted by atomic mass is 9.91. The van der Waals surface area contributed by atoms with E-state index >= 15 is 0 Å². The van der Waals surface area contributed by atoms with Crippen LogP contribution >= 0.6 is 0 Å². The van der Waals surface area contributed by atoms with Gasteiger partial charge in [0.25, 0.3) is 5.91 Å². The minimum Gasteiger partial charge on any atom is -0.497 e. The Morgan fingerprint density at radius 3 is 2.31 bits per heavy atom. The molecule has 0 radical (unpaired) electrons. The Hall–Kier alpha value is -3.07. The number of benzene rings is 3. The van der Waals surface area contributed by atoms with E-state index in [9.17, 15) is 4.79 Å². The summed E-state index contributed by atoms with van der Waals surface area (Å²) in [7, 11) is 1.67. The molecule has 0 fully saturated rings. The lowest BCUT2D eigenvalue weighted by molar-refractivity contribution is 0.0951. The normalized spacial score (nSPS) is 11.6. The smallest absolute Gasteiger partial charge is 0.251 e. The third-order valence-electron chi connectivity index (χ3n) is 4.44. The second-order valence-corrected chi connectivity index (χ2v) is 6.24. The van der Waals surface area contributed by atoms with Gasteiger partial charge in [-0.2, -0.15) is 0 Å². The van der Waals surface area contributed by atoms with Crippen LogP contribution in [0.25, 0.3) is 0 Å². The van der Waals surface area contributed by atoms with Crippen LogP contribution in [0.15, 0.2) is 84.9 Å². The highest BCUT2D eigenvalue weighted by Crippen LogP contribution is 2.24. The first-order valence-electron chi connectivity index (χ1n) is 8.77. The topological polar surface area (TPSA) is 38.3 Å². The Morgan fingerprint density at radius 2 is 1.62 bits per heavy atom. The summed E-state index contributed by atoms with van der Waals surface area (Å²) in [6.07, 6.45) is 0.850. The molecule has 3 heteroatoms. The number of carbonyl (C=O) groups is 1. The zero-order chi connectivity index (χ0) is 18.2. The molecule has 0 heterocycles. The predicted molar refractivity (Wildman–Crippen MR) is 105 cm³/mol. The van der Waals surface area contributed by atoms with Crippen LogP contribution in [0.5, 0.6) is 5.75 Å². The standard InChI is InChI=1S/C23H23NO2/c1-26-22-14-8-13-20(16-22)21(15-18-9-4-2-5-10-18)17-24-23(25)19-11-6-3-7-12-19/h2-14,16,21H,15,17H2,1H3,(H,24,25)/t21-/m1/s1. The van der Waals surface area contributed by atoms with Crippen LogP contribution in [0.1, 0.15) is 27.4 Å². The van der Waals surface area contributed by atoms with Crippen molar-refractivity contribution in [1.29, 1.82) is 0 Å². The van der Waals surface area contributed by atoms with E-state index in [1.54, 1.807) is 7.11 Å². The summed E-state index contributed by atoms with van der Waals surface area (Å²) < 4.78 is 5.36. The molecule has 26 heavy (non-hydrogen) atoms. The van der Waals surface area contributed by atoms with Gasteiger partial charge < -0.3 is 10.1 Å². The van der Waals surface area contributed by atoms with Gasteiger partial charge in [-0.05, 0) is 41.8 Å². The van der Waals surface area contributed by atoms with Crippen molar-refractivity contribution in [2.75, 3.05) is 13.7 Å². The summed E-state index contributed by atoms with van der Waals surface area (Å²) in [6, 6.07) is 27.7. The van der Waals surface area contributed by atoms with Gasteiger partial charge in [0, 0.05) is 18.0 Å². The lowest BCUT2D eigenvalue weighted by Gasteiger charge is -2.19. The molecule has 1 atom stereocenters. The molecule has 3 aromatic rings. The summed E-state index contributed by atoms with van der Waals surface area (Å²) >= 11 is 0. The Morgan fingerprint density at radius 1 is 0.923 bits per heavy atom. The number of hydrogen-bond acceptors (Lipinski definition) is 2. The Labute approximate surface area is 154 Å². The van der Waals surface area contributed by atoms with Crippen molar-refractivity contribution in [3.8, 4) is 5.75 Å². The molecule has 1 amide bonds. The van der Waals surface area contributed by atoms with Crippen LogP contribution in [-0.2, 0) is 6.42 Å². The minimum atomic E-state index is -0.0495. The van der Waals surface area contributed by atoms with E-state index in [2.05, 4.69) is 23.5 Å². The van der Waals surface area contributed by atoms with E-state index in [-0.39, 0.29) is 11.8 Å². The van der Waals surface area contributed by atoms with Crippen LogP contribution in [0, 0.1) is 0 Å². The third-order valence-corrected chi connectivity index (χ3v) is 4.44. The molecular weight excluding hydrogens is 322 g/mol. The van der Waals surface area contributed by atoms with E-state index in [0.29, 0.717) is 12.1 Å². The molecule has 0 spiro atoms. The molecule has 0 aliphatic heterocycles. The maximum atomic E-state index is 12.4. The number of ether oxygens (including phenoxy) is 1. The van der Waals surface area contributed by atoms with Crippen molar-refractivity contribution in [2.24, 2.45) is 0 Å². The molecule has 0 aromatic heterocycles. The molecule has 0 unspecified atom stereocenters. The fourth-order valence-corrected chi connectivity index (χ4v) is 3.01. The van der Waals surface area contributed by atoms with Crippen molar-refractivity contribution in [2.45, 2.75) is 12.3 Å². The molecule has 0 saturated carbocycles. The van der Waals surface area contributed by atoms with Crippen molar-refractivity contribution in [3.05, 3.63) is 102 Å². The van der Waals surface area contributed by atoms with E-state index in [1.165, 1.54) is 5.56 Å². The molecule has 3 rings (SSSR count). The Balaban J connectivity index is 1.77. The van der Waals surface area contributed by atoms with Gasteiger partial charge in [0.2, 0.25) is 0 Å². The van der Waals surface area contributed by atoms with E-state index in [0.717, 1.165) is 17.7 Å². The van der Waals surface area contributed by atoms with Gasteiger partial charge >= 0.3 is 0 Å². The summed E-state index contributed by atoms with van der Waals surface area (Å²) in [6.45, 7) is 0.565. The highest BCUT2D eigenvalue weighted by Gasteiger charge is 2.15. The van der Waals surface area contributed by atoms with Gasteiger partial charge in [-0.1, -0.05) is 60.7 Å². The van der Waals surface area contributed by atoms with Crippen molar-refractivity contribution < 1.29 is 9.53 Å². The summed E-state index contributed by atoms with van der Waals surface area (Å²) in [4.78, 5) is 12.4. The third kappa shape index (κ3) is 4.73. The van der Waals surface area contributed by atoms with Gasteiger partial charge in [-0.3, -0.25) is 4.79 Å². The van der Waals surface area contributed by atoms with Crippen LogP contribution in [-0.4, -0.2) is 19.6 Å². The molecule has 132 valence electrons. The van der Waals surface area contributed by atoms with Crippen LogP contribution in [0.4, 0.5) is 0 Å². The fourth-order valence-electron chi connectivity index (χ4n) is 3.01. The summed E-state index contributed by atoms with van der Waals surface area (Å²) in [5.41, 5.74) is 3.08. The number of rotatable bonds is 7. The number of methoxy groups -OCH3 is 1. The van der Waals surface area contributed by atoms with Gasteiger partial charge in [0.05, 0.1) is 7.11 Å². The molecule has 3 aromatic carbocycles. The predicted octanol–water partition coefficient (Wildman–Crippen LogP) is 4.45. The monoisotopic (exact) mass is 345 g/mol. The first-order valence-corrected chi connectivity index (χ1v) is 8.77. The van der Waals surface area contributed by atoms with Crippen LogP contribution < -0.4 is 10.1 Å². The first-order chi connectivity index (χ1) is 12.8. The Bertz CT molecular complexity index is 831. The SMILES string of the molecule is COc1cccc([C@@H](CNC(=O)c2ccccc2)Cc2ccccc2)c1. The van der Waals surface area contributed by atoms with Gasteiger partial charge in [0.1, 0.15) is 5.75 Å². The average molecular weight is 345 g/mol. The molecule has 3 nitrogen and oxygen atoms in total. The second-order valence-electron chi connectivity index (χ2n) is 6.24. The molecule has 0 saturated heterocycles. The zero-order valence-electron chi connectivity index (χ0n) is 14.9. The van der Waals surface area contributed by atoms with Crippen LogP contribution in [0.3, 0.4) is 0 Å². The zero-order valence-corrected chi connectivity index (χ0v) is 14.9. The quantitative estimate of drug-likeness (QED) is 0.687. The van der Waals surface area contributed by atoms with Crippen LogP contribution in [0.2, 0.25) is 0 Å². The van der Waals surface area contributed by atoms with Crippen molar-refractivity contribution in [1.82, 2.24) is 5.32 Å². The number of hydrogen-bond donors (Lipinski definition) is 1.